The minimum absolute atomic E-state index is 0.366. The Kier molecular flexibility index (Phi) is 6.94. The van der Waals surface area contributed by atoms with E-state index in [1.54, 1.807) is 0 Å². The second-order valence-corrected chi connectivity index (χ2v) is 11.2. The third-order valence-electron chi connectivity index (χ3n) is 8.27. The van der Waals surface area contributed by atoms with Crippen LogP contribution in [0.3, 0.4) is 0 Å². The number of anilines is 4. The molecule has 0 radical (unpaired) electrons. The number of rotatable bonds is 7. The van der Waals surface area contributed by atoms with Crippen molar-refractivity contribution >= 4 is 40.3 Å². The predicted molar refractivity (Wildman–Crippen MR) is 174 cm³/mol. The summed E-state index contributed by atoms with van der Waals surface area (Å²) in [5.41, 5.74) is 6.23. The number of carbonyl (C=O) groups is 1. The Labute approximate surface area is 261 Å². The SMILES string of the molecule is CCOc1ccc(N(CC)c2ccc3c(c2)Oc2cc(C)c(Nc4ccccc4Cl)cc2C32OC(=O)c3ccccc32)cc1. The van der Waals surface area contributed by atoms with Crippen LogP contribution in [0.25, 0.3) is 0 Å². The summed E-state index contributed by atoms with van der Waals surface area (Å²) in [5.74, 6) is 1.73. The van der Waals surface area contributed by atoms with Crippen LogP contribution >= 0.6 is 11.6 Å². The molecule has 1 unspecified atom stereocenters. The van der Waals surface area contributed by atoms with Gasteiger partial charge in [0.1, 0.15) is 17.2 Å². The van der Waals surface area contributed by atoms with Crippen molar-refractivity contribution in [2.75, 3.05) is 23.4 Å². The Morgan fingerprint density at radius 2 is 1.52 bits per heavy atom. The lowest BCUT2D eigenvalue weighted by atomic mass is 9.77. The molecule has 220 valence electrons. The third kappa shape index (κ3) is 4.45. The van der Waals surface area contributed by atoms with E-state index in [1.165, 1.54) is 0 Å². The highest BCUT2D eigenvalue weighted by atomic mass is 35.5. The highest BCUT2D eigenvalue weighted by Crippen LogP contribution is 2.57. The number of hydrogen-bond acceptors (Lipinski definition) is 6. The summed E-state index contributed by atoms with van der Waals surface area (Å²) in [6.07, 6.45) is 0. The van der Waals surface area contributed by atoms with Crippen LogP contribution in [0.5, 0.6) is 17.2 Å². The molecule has 0 amide bonds. The minimum Gasteiger partial charge on any atom is -0.494 e. The van der Waals surface area contributed by atoms with Crippen LogP contribution in [0.2, 0.25) is 5.02 Å². The van der Waals surface area contributed by atoms with Crippen molar-refractivity contribution in [2.45, 2.75) is 26.4 Å². The molecule has 2 aliphatic heterocycles. The van der Waals surface area contributed by atoms with Gasteiger partial charge in [-0.3, -0.25) is 0 Å². The number of ether oxygens (including phenoxy) is 3. The third-order valence-corrected chi connectivity index (χ3v) is 8.60. The van der Waals surface area contributed by atoms with E-state index in [4.69, 9.17) is 25.8 Å². The smallest absolute Gasteiger partial charge is 0.340 e. The van der Waals surface area contributed by atoms with Crippen LogP contribution in [0.4, 0.5) is 22.7 Å². The van der Waals surface area contributed by atoms with Crippen molar-refractivity contribution in [1.29, 1.82) is 0 Å². The van der Waals surface area contributed by atoms with Crippen molar-refractivity contribution in [3.8, 4) is 17.2 Å². The maximum absolute atomic E-state index is 13.4. The Balaban J connectivity index is 1.37. The second kappa shape index (κ2) is 11.0. The van der Waals surface area contributed by atoms with Crippen LogP contribution in [0.1, 0.15) is 46.5 Å². The normalized spacial score (nSPS) is 16.0. The molecule has 0 aromatic heterocycles. The van der Waals surface area contributed by atoms with Gasteiger partial charge < -0.3 is 24.4 Å². The summed E-state index contributed by atoms with van der Waals surface area (Å²) >= 11 is 6.50. The highest BCUT2D eigenvalue weighted by Gasteiger charge is 2.53. The average Bonchev–Trinajstić information content (AvgIpc) is 3.33. The van der Waals surface area contributed by atoms with Crippen molar-refractivity contribution in [3.63, 3.8) is 0 Å². The first-order valence-electron chi connectivity index (χ1n) is 14.7. The molecule has 2 aliphatic rings. The zero-order valence-corrected chi connectivity index (χ0v) is 25.4. The van der Waals surface area contributed by atoms with Gasteiger partial charge >= 0.3 is 5.97 Å². The number of aryl methyl sites for hydroxylation is 1. The zero-order chi connectivity index (χ0) is 30.4. The molecular weight excluding hydrogens is 572 g/mol. The molecule has 5 aromatic rings. The fraction of sp³-hybridized carbons (Fsp3) is 0.162. The largest absolute Gasteiger partial charge is 0.494 e. The van der Waals surface area contributed by atoms with Crippen LogP contribution < -0.4 is 19.7 Å². The van der Waals surface area contributed by atoms with Crippen LogP contribution in [0.15, 0.2) is 103 Å². The lowest BCUT2D eigenvalue weighted by molar-refractivity contribution is 0.0224. The fourth-order valence-corrected chi connectivity index (χ4v) is 6.40. The summed E-state index contributed by atoms with van der Waals surface area (Å²) in [5, 5.41) is 4.08. The number of esters is 1. The summed E-state index contributed by atoms with van der Waals surface area (Å²) < 4.78 is 18.7. The summed E-state index contributed by atoms with van der Waals surface area (Å²) in [6, 6.07) is 33.3. The molecule has 0 saturated heterocycles. The number of hydrogen-bond donors (Lipinski definition) is 1. The molecule has 2 heterocycles. The highest BCUT2D eigenvalue weighted by molar-refractivity contribution is 6.33. The molecule has 0 fully saturated rings. The number of carbonyl (C=O) groups excluding carboxylic acids is 1. The Hall–Kier alpha value is -4.94. The van der Waals surface area contributed by atoms with Gasteiger partial charge in [-0.25, -0.2) is 4.79 Å². The number of fused-ring (bicyclic) bond motifs is 6. The van der Waals surface area contributed by atoms with Crippen molar-refractivity contribution in [1.82, 2.24) is 0 Å². The molecule has 7 rings (SSSR count). The number of para-hydroxylation sites is 1. The lowest BCUT2D eigenvalue weighted by Gasteiger charge is -2.38. The summed E-state index contributed by atoms with van der Waals surface area (Å²) in [4.78, 5) is 15.6. The van der Waals surface area contributed by atoms with E-state index in [0.717, 1.165) is 57.3 Å². The van der Waals surface area contributed by atoms with Crippen LogP contribution in [-0.4, -0.2) is 19.1 Å². The zero-order valence-electron chi connectivity index (χ0n) is 24.7. The summed E-state index contributed by atoms with van der Waals surface area (Å²) in [7, 11) is 0. The van der Waals surface area contributed by atoms with E-state index in [9.17, 15) is 4.79 Å². The van der Waals surface area contributed by atoms with E-state index in [-0.39, 0.29) is 5.97 Å². The molecule has 7 heteroatoms. The van der Waals surface area contributed by atoms with Crippen molar-refractivity contribution < 1.29 is 19.0 Å². The Bertz CT molecular complexity index is 1910. The summed E-state index contributed by atoms with van der Waals surface area (Å²) in [6.45, 7) is 7.46. The monoisotopic (exact) mass is 602 g/mol. The molecule has 1 atom stereocenters. The molecule has 1 N–H and O–H groups in total. The van der Waals surface area contributed by atoms with Crippen molar-refractivity contribution in [3.05, 3.63) is 136 Å². The average molecular weight is 603 g/mol. The van der Waals surface area contributed by atoms with E-state index in [1.807, 2.05) is 98.8 Å². The van der Waals surface area contributed by atoms with E-state index >= 15 is 0 Å². The minimum atomic E-state index is -1.18. The second-order valence-electron chi connectivity index (χ2n) is 10.8. The maximum atomic E-state index is 13.4. The van der Waals surface area contributed by atoms with Gasteiger partial charge in [0.05, 0.1) is 22.9 Å². The lowest BCUT2D eigenvalue weighted by Crippen LogP contribution is -2.33. The first kappa shape index (κ1) is 27.9. The van der Waals surface area contributed by atoms with Gasteiger partial charge in [0, 0.05) is 46.4 Å². The van der Waals surface area contributed by atoms with Gasteiger partial charge in [-0.15, -0.1) is 0 Å². The first-order valence-corrected chi connectivity index (χ1v) is 15.1. The van der Waals surface area contributed by atoms with Gasteiger partial charge in [-0.2, -0.15) is 0 Å². The molecule has 44 heavy (non-hydrogen) atoms. The molecule has 0 saturated carbocycles. The Morgan fingerprint density at radius 1 is 0.795 bits per heavy atom. The molecular formula is C37H31ClN2O4. The van der Waals surface area contributed by atoms with Crippen LogP contribution in [0, 0.1) is 6.92 Å². The van der Waals surface area contributed by atoms with Crippen LogP contribution in [-0.2, 0) is 10.3 Å². The fourth-order valence-electron chi connectivity index (χ4n) is 6.22. The topological polar surface area (TPSA) is 60.0 Å². The van der Waals surface area contributed by atoms with E-state index in [2.05, 4.69) is 35.3 Å². The number of benzene rings is 5. The standard InChI is InChI=1S/C37H31ClN2O4/c1-4-40(24-14-17-26(18-15-24)42-5-2)25-16-19-29-35(21-25)43-34-20-23(3)33(39-32-13-9-8-12-31(32)38)22-30(34)37(29)28-11-7-6-10-27(28)36(41)44-37/h6-22,39H,4-5H2,1-3H3. The quantitative estimate of drug-likeness (QED) is 0.187. The maximum Gasteiger partial charge on any atom is 0.340 e. The van der Waals surface area contributed by atoms with Gasteiger partial charge in [0.25, 0.3) is 0 Å². The van der Waals surface area contributed by atoms with Gasteiger partial charge in [0.15, 0.2) is 5.60 Å². The number of nitrogens with zero attached hydrogens (tertiary/aromatic N) is 1. The predicted octanol–water partition coefficient (Wildman–Crippen LogP) is 9.52. The first-order chi connectivity index (χ1) is 21.4. The number of halogens is 1. The van der Waals surface area contributed by atoms with E-state index in [0.29, 0.717) is 28.7 Å². The molecule has 5 aromatic carbocycles. The molecule has 1 spiro atoms. The molecule has 0 aliphatic carbocycles. The number of nitrogens with one attached hydrogen (secondary N) is 1. The molecule has 0 bridgehead atoms. The Morgan fingerprint density at radius 3 is 2.30 bits per heavy atom. The van der Waals surface area contributed by atoms with Gasteiger partial charge in [-0.05, 0) is 93.1 Å². The van der Waals surface area contributed by atoms with Crippen molar-refractivity contribution in [2.24, 2.45) is 0 Å². The van der Waals surface area contributed by atoms with Gasteiger partial charge in [0.2, 0.25) is 0 Å². The van der Waals surface area contributed by atoms with Gasteiger partial charge in [-0.1, -0.05) is 41.9 Å². The van der Waals surface area contributed by atoms with E-state index < -0.39 is 5.60 Å². The molecule has 6 nitrogen and oxygen atoms in total.